The number of nitrogen functional groups attached to an aromatic ring is 1. The molecule has 0 amide bonds. The Morgan fingerprint density at radius 2 is 2.05 bits per heavy atom. The van der Waals surface area contributed by atoms with Gasteiger partial charge < -0.3 is 10.7 Å². The van der Waals surface area contributed by atoms with E-state index < -0.39 is 0 Å². The van der Waals surface area contributed by atoms with Crippen LogP contribution in [-0.4, -0.2) is 18.7 Å². The van der Waals surface area contributed by atoms with Gasteiger partial charge in [0.15, 0.2) is 0 Å². The normalized spacial score (nSPS) is 10.8. The highest BCUT2D eigenvalue weighted by molar-refractivity contribution is 7.00. The minimum atomic E-state index is 0.532. The summed E-state index contributed by atoms with van der Waals surface area (Å²) in [7, 11) is 0. The average Bonchev–Trinajstić information content (AvgIpc) is 2.98. The van der Waals surface area contributed by atoms with E-state index in [2.05, 4.69) is 29.5 Å². The third kappa shape index (κ3) is 2.73. The topological polar surface area (TPSA) is 102 Å². The Balaban J connectivity index is 2.06. The van der Waals surface area contributed by atoms with Crippen molar-refractivity contribution in [1.29, 1.82) is 0 Å². The van der Waals surface area contributed by atoms with Gasteiger partial charge in [0.05, 0.1) is 22.4 Å². The quantitative estimate of drug-likeness (QED) is 0.501. The van der Waals surface area contributed by atoms with Crippen molar-refractivity contribution in [2.75, 3.05) is 10.7 Å². The molecule has 0 radical (unpaired) electrons. The number of hydrazine groups is 1. The van der Waals surface area contributed by atoms with Gasteiger partial charge in [-0.2, -0.15) is 8.75 Å². The average molecular weight is 322 g/mol. The largest absolute Gasteiger partial charge is 0.337 e. The fourth-order valence-corrected chi connectivity index (χ4v) is 2.61. The van der Waals surface area contributed by atoms with Crippen molar-refractivity contribution < 1.29 is 0 Å². The standard InChI is InChI=1S/C12H12ClN7S/c1-2-8-15-9(5-10(16-8)18-14)17-11-6(13)3-4-7-12(11)20-21-19-7/h3-5H,2,14H2,1H3,(H2,15,16,17,18). The summed E-state index contributed by atoms with van der Waals surface area (Å²) in [6.45, 7) is 1.97. The van der Waals surface area contributed by atoms with E-state index in [4.69, 9.17) is 17.4 Å². The Morgan fingerprint density at radius 3 is 2.81 bits per heavy atom. The highest BCUT2D eigenvalue weighted by Gasteiger charge is 2.12. The number of aromatic nitrogens is 4. The smallest absolute Gasteiger partial charge is 0.145 e. The lowest BCUT2D eigenvalue weighted by Gasteiger charge is -2.10. The lowest BCUT2D eigenvalue weighted by molar-refractivity contribution is 0.941. The van der Waals surface area contributed by atoms with Crippen LogP contribution in [0, 0.1) is 0 Å². The lowest BCUT2D eigenvalue weighted by Crippen LogP contribution is -2.11. The van der Waals surface area contributed by atoms with E-state index in [1.54, 1.807) is 12.1 Å². The Labute approximate surface area is 129 Å². The number of halogens is 1. The van der Waals surface area contributed by atoms with E-state index in [1.807, 2.05) is 13.0 Å². The first-order valence-electron chi connectivity index (χ1n) is 6.23. The number of aryl methyl sites for hydroxylation is 1. The Morgan fingerprint density at radius 1 is 1.24 bits per heavy atom. The SMILES string of the molecule is CCc1nc(NN)cc(Nc2c(Cl)ccc3nsnc23)n1. The molecule has 0 aliphatic rings. The molecule has 0 aliphatic carbocycles. The first kappa shape index (κ1) is 13.9. The number of hydrogen-bond donors (Lipinski definition) is 3. The predicted molar refractivity (Wildman–Crippen MR) is 84.9 cm³/mol. The summed E-state index contributed by atoms with van der Waals surface area (Å²) in [5.74, 6) is 7.22. The molecule has 2 heterocycles. The van der Waals surface area contributed by atoms with E-state index in [-0.39, 0.29) is 0 Å². The summed E-state index contributed by atoms with van der Waals surface area (Å²) in [5.41, 5.74) is 4.70. The fourth-order valence-electron chi connectivity index (χ4n) is 1.87. The van der Waals surface area contributed by atoms with Crippen LogP contribution in [0.2, 0.25) is 5.02 Å². The minimum Gasteiger partial charge on any atom is -0.337 e. The van der Waals surface area contributed by atoms with Gasteiger partial charge in [-0.1, -0.05) is 18.5 Å². The van der Waals surface area contributed by atoms with E-state index in [1.165, 1.54) is 0 Å². The van der Waals surface area contributed by atoms with Crippen LogP contribution in [0.3, 0.4) is 0 Å². The summed E-state index contributed by atoms with van der Waals surface area (Å²) >= 11 is 7.39. The molecular weight excluding hydrogens is 310 g/mol. The Bertz CT molecular complexity index is 766. The van der Waals surface area contributed by atoms with Crippen LogP contribution in [0.4, 0.5) is 17.3 Å². The number of hydrogen-bond acceptors (Lipinski definition) is 8. The molecule has 21 heavy (non-hydrogen) atoms. The first-order valence-corrected chi connectivity index (χ1v) is 7.34. The van der Waals surface area contributed by atoms with Gasteiger partial charge in [-0.25, -0.2) is 15.8 Å². The third-order valence-electron chi connectivity index (χ3n) is 2.87. The number of rotatable bonds is 4. The molecule has 0 saturated carbocycles. The number of nitrogens with zero attached hydrogens (tertiary/aromatic N) is 4. The van der Waals surface area contributed by atoms with Crippen LogP contribution in [0.5, 0.6) is 0 Å². The van der Waals surface area contributed by atoms with Gasteiger partial charge in [-0.05, 0) is 12.1 Å². The van der Waals surface area contributed by atoms with Crippen molar-refractivity contribution in [3.8, 4) is 0 Å². The van der Waals surface area contributed by atoms with Crippen molar-refractivity contribution >= 4 is 51.7 Å². The summed E-state index contributed by atoms with van der Waals surface area (Å²) in [5, 5.41) is 3.73. The molecule has 4 N–H and O–H groups in total. The summed E-state index contributed by atoms with van der Waals surface area (Å²) in [6, 6.07) is 5.31. The van der Waals surface area contributed by atoms with E-state index in [0.717, 1.165) is 17.2 Å². The van der Waals surface area contributed by atoms with Gasteiger partial charge in [-0.3, -0.25) is 0 Å². The second-order valence-corrected chi connectivity index (χ2v) is 5.17. The molecule has 0 unspecified atom stereocenters. The van der Waals surface area contributed by atoms with Crippen LogP contribution in [0.1, 0.15) is 12.7 Å². The molecule has 0 bridgehead atoms. The second kappa shape index (κ2) is 5.76. The van der Waals surface area contributed by atoms with E-state index in [9.17, 15) is 0 Å². The zero-order chi connectivity index (χ0) is 14.8. The van der Waals surface area contributed by atoms with Crippen molar-refractivity contribution in [1.82, 2.24) is 18.7 Å². The van der Waals surface area contributed by atoms with Crippen LogP contribution in [0.15, 0.2) is 18.2 Å². The third-order valence-corrected chi connectivity index (χ3v) is 3.72. The number of benzene rings is 1. The van der Waals surface area contributed by atoms with Gasteiger partial charge in [0.1, 0.15) is 28.5 Å². The molecule has 0 atom stereocenters. The van der Waals surface area contributed by atoms with Gasteiger partial charge in [0.2, 0.25) is 0 Å². The maximum Gasteiger partial charge on any atom is 0.145 e. The molecule has 0 saturated heterocycles. The second-order valence-electron chi connectivity index (χ2n) is 4.23. The maximum atomic E-state index is 6.25. The molecule has 3 aromatic rings. The monoisotopic (exact) mass is 321 g/mol. The van der Waals surface area contributed by atoms with Crippen molar-refractivity contribution in [2.24, 2.45) is 5.84 Å². The van der Waals surface area contributed by atoms with Crippen molar-refractivity contribution in [2.45, 2.75) is 13.3 Å². The predicted octanol–water partition coefficient (Wildman–Crippen LogP) is 2.73. The summed E-state index contributed by atoms with van der Waals surface area (Å²) in [4.78, 5) is 8.65. The number of fused-ring (bicyclic) bond motifs is 1. The van der Waals surface area contributed by atoms with E-state index >= 15 is 0 Å². The molecule has 0 aliphatic heterocycles. The van der Waals surface area contributed by atoms with Gasteiger partial charge in [0.25, 0.3) is 0 Å². The molecule has 1 aromatic carbocycles. The molecule has 2 aromatic heterocycles. The zero-order valence-corrected chi connectivity index (χ0v) is 12.7. The van der Waals surface area contributed by atoms with Crippen LogP contribution in [0.25, 0.3) is 11.0 Å². The maximum absolute atomic E-state index is 6.25. The minimum absolute atomic E-state index is 0.532. The molecule has 0 fully saturated rings. The Hall–Kier alpha value is -2.03. The molecule has 3 rings (SSSR count). The van der Waals surface area contributed by atoms with Crippen LogP contribution >= 0.6 is 23.3 Å². The molecule has 9 heteroatoms. The van der Waals surface area contributed by atoms with Crippen LogP contribution in [-0.2, 0) is 6.42 Å². The molecule has 108 valence electrons. The summed E-state index contributed by atoms with van der Waals surface area (Å²) in [6.07, 6.45) is 0.695. The highest BCUT2D eigenvalue weighted by atomic mass is 35.5. The van der Waals surface area contributed by atoms with E-state index in [0.29, 0.717) is 40.1 Å². The zero-order valence-electron chi connectivity index (χ0n) is 11.1. The molecular formula is C12H12ClN7S. The van der Waals surface area contributed by atoms with Gasteiger partial charge in [-0.15, -0.1) is 0 Å². The highest BCUT2D eigenvalue weighted by Crippen LogP contribution is 2.32. The summed E-state index contributed by atoms with van der Waals surface area (Å²) < 4.78 is 8.46. The van der Waals surface area contributed by atoms with Crippen molar-refractivity contribution in [3.05, 3.63) is 29.0 Å². The number of anilines is 3. The van der Waals surface area contributed by atoms with Crippen LogP contribution < -0.4 is 16.6 Å². The van der Waals surface area contributed by atoms with Gasteiger partial charge >= 0.3 is 0 Å². The van der Waals surface area contributed by atoms with Crippen molar-refractivity contribution in [3.63, 3.8) is 0 Å². The fraction of sp³-hybridized carbons (Fsp3) is 0.167. The first-order chi connectivity index (χ1) is 10.2. The Kier molecular flexibility index (Phi) is 3.82. The molecule has 7 nitrogen and oxygen atoms in total. The number of nitrogens with one attached hydrogen (secondary N) is 2. The lowest BCUT2D eigenvalue weighted by atomic mass is 10.2. The molecule has 0 spiro atoms. The van der Waals surface area contributed by atoms with Gasteiger partial charge in [0, 0.05) is 12.5 Å². The number of nitrogens with two attached hydrogens (primary N) is 1.